The predicted molar refractivity (Wildman–Crippen MR) is 118 cm³/mol. The van der Waals surface area contributed by atoms with Gasteiger partial charge in [-0.25, -0.2) is 5.43 Å². The summed E-state index contributed by atoms with van der Waals surface area (Å²) in [6.45, 7) is 2.95. The monoisotopic (exact) mass is 423 g/mol. The molecular weight excluding hydrogens is 402 g/mol. The van der Waals surface area contributed by atoms with E-state index in [1.54, 1.807) is 30.7 Å². The lowest BCUT2D eigenvalue weighted by Crippen LogP contribution is -2.17. The number of carbonyl (C=O) groups excluding carboxylic acids is 1. The van der Waals surface area contributed by atoms with Gasteiger partial charge in [-0.05, 0) is 55.0 Å². The highest BCUT2D eigenvalue weighted by Gasteiger charge is 2.04. The maximum absolute atomic E-state index is 12.0. The first kappa shape index (κ1) is 21.3. The third kappa shape index (κ3) is 6.32. The number of aryl methyl sites for hydroxylation is 1. The molecule has 154 valence electrons. The van der Waals surface area contributed by atoms with Crippen molar-refractivity contribution in [3.05, 3.63) is 88.7 Å². The van der Waals surface area contributed by atoms with Crippen LogP contribution in [0.5, 0.6) is 11.5 Å². The Balaban J connectivity index is 1.46. The molecule has 1 aromatic heterocycles. The Morgan fingerprint density at radius 2 is 1.87 bits per heavy atom. The van der Waals surface area contributed by atoms with E-state index < -0.39 is 0 Å². The zero-order valence-corrected chi connectivity index (χ0v) is 17.3. The lowest BCUT2D eigenvalue weighted by molar-refractivity contribution is 0.0955. The summed E-state index contributed by atoms with van der Waals surface area (Å²) >= 11 is 6.02. The SMILES string of the molecule is Cc1cc(OCCCOc2ccccc2/C=N/NC(=O)c2ccncc2)ccc1Cl. The fourth-order valence-electron chi connectivity index (χ4n) is 2.58. The molecule has 1 N–H and O–H groups in total. The fourth-order valence-corrected chi connectivity index (χ4v) is 2.70. The van der Waals surface area contributed by atoms with Gasteiger partial charge >= 0.3 is 0 Å². The molecule has 0 saturated carbocycles. The summed E-state index contributed by atoms with van der Waals surface area (Å²) in [6.07, 6.45) is 5.38. The first-order valence-electron chi connectivity index (χ1n) is 9.47. The molecule has 0 aliphatic carbocycles. The highest BCUT2D eigenvalue weighted by molar-refractivity contribution is 6.31. The zero-order chi connectivity index (χ0) is 21.2. The van der Waals surface area contributed by atoms with Crippen LogP contribution in [0.3, 0.4) is 0 Å². The summed E-state index contributed by atoms with van der Waals surface area (Å²) in [6, 6.07) is 16.3. The molecule has 0 radical (unpaired) electrons. The molecule has 6 nitrogen and oxygen atoms in total. The van der Waals surface area contributed by atoms with Crippen molar-refractivity contribution in [2.24, 2.45) is 5.10 Å². The number of aromatic nitrogens is 1. The molecule has 0 saturated heterocycles. The summed E-state index contributed by atoms with van der Waals surface area (Å²) in [7, 11) is 0. The number of hydrazone groups is 1. The number of rotatable bonds is 9. The average molecular weight is 424 g/mol. The first-order chi connectivity index (χ1) is 14.6. The smallest absolute Gasteiger partial charge is 0.271 e. The minimum Gasteiger partial charge on any atom is -0.493 e. The number of ether oxygens (including phenoxy) is 2. The van der Waals surface area contributed by atoms with E-state index in [0.29, 0.717) is 30.9 Å². The van der Waals surface area contributed by atoms with Gasteiger partial charge in [0.1, 0.15) is 11.5 Å². The Bertz CT molecular complexity index is 1010. The molecule has 30 heavy (non-hydrogen) atoms. The molecule has 1 amide bonds. The summed E-state index contributed by atoms with van der Waals surface area (Å²) in [5.74, 6) is 1.16. The van der Waals surface area contributed by atoms with E-state index >= 15 is 0 Å². The van der Waals surface area contributed by atoms with Crippen LogP contribution in [0.1, 0.15) is 27.9 Å². The Labute approximate surface area is 180 Å². The molecule has 0 aliphatic rings. The molecule has 2 aromatic carbocycles. The molecule has 0 unspecified atom stereocenters. The minimum atomic E-state index is -0.304. The van der Waals surface area contributed by atoms with Crippen LogP contribution in [-0.4, -0.2) is 30.3 Å². The molecule has 7 heteroatoms. The number of para-hydroxylation sites is 1. The predicted octanol–water partition coefficient (Wildman–Crippen LogP) is 4.66. The van der Waals surface area contributed by atoms with Gasteiger partial charge in [0.2, 0.25) is 0 Å². The third-order valence-electron chi connectivity index (χ3n) is 4.18. The largest absolute Gasteiger partial charge is 0.493 e. The number of nitrogens with zero attached hydrogens (tertiary/aromatic N) is 2. The van der Waals surface area contributed by atoms with Gasteiger partial charge in [-0.2, -0.15) is 5.10 Å². The second kappa shape index (κ2) is 11.0. The van der Waals surface area contributed by atoms with Gasteiger partial charge < -0.3 is 9.47 Å². The lowest BCUT2D eigenvalue weighted by Gasteiger charge is -2.10. The van der Waals surface area contributed by atoms with E-state index in [2.05, 4.69) is 15.5 Å². The standard InChI is InChI=1S/C23H22ClN3O3/c1-17-15-20(7-8-21(17)24)29-13-4-14-30-22-6-3-2-5-19(22)16-26-27-23(28)18-9-11-25-12-10-18/h2-3,5-12,15-16H,4,13-14H2,1H3,(H,27,28)/b26-16+. The van der Waals surface area contributed by atoms with Gasteiger partial charge in [-0.1, -0.05) is 23.7 Å². The van der Waals surface area contributed by atoms with Gasteiger partial charge in [-0.3, -0.25) is 9.78 Å². The Morgan fingerprint density at radius 3 is 2.67 bits per heavy atom. The number of nitrogens with one attached hydrogen (secondary N) is 1. The van der Waals surface area contributed by atoms with Crippen LogP contribution in [0.15, 0.2) is 72.1 Å². The number of halogens is 1. The molecule has 3 aromatic rings. The molecule has 0 spiro atoms. The van der Waals surface area contributed by atoms with Crippen molar-refractivity contribution in [3.63, 3.8) is 0 Å². The van der Waals surface area contributed by atoms with Crippen molar-refractivity contribution in [2.75, 3.05) is 13.2 Å². The van der Waals surface area contributed by atoms with E-state index in [4.69, 9.17) is 21.1 Å². The molecule has 1 heterocycles. The first-order valence-corrected chi connectivity index (χ1v) is 9.85. The number of hydrogen-bond acceptors (Lipinski definition) is 5. The summed E-state index contributed by atoms with van der Waals surface area (Å²) in [5.41, 5.74) is 4.73. The maximum atomic E-state index is 12.0. The lowest BCUT2D eigenvalue weighted by atomic mass is 10.2. The Hall–Kier alpha value is -3.38. The summed E-state index contributed by atoms with van der Waals surface area (Å²) in [4.78, 5) is 15.9. The minimum absolute atomic E-state index is 0.304. The van der Waals surface area contributed by atoms with E-state index in [1.165, 1.54) is 0 Å². The van der Waals surface area contributed by atoms with Crippen molar-refractivity contribution in [2.45, 2.75) is 13.3 Å². The van der Waals surface area contributed by atoms with Crippen molar-refractivity contribution >= 4 is 23.7 Å². The van der Waals surface area contributed by atoms with Gasteiger partial charge in [0.25, 0.3) is 5.91 Å². The molecule has 0 fully saturated rings. The number of benzene rings is 2. The zero-order valence-electron chi connectivity index (χ0n) is 16.5. The van der Waals surface area contributed by atoms with Crippen LogP contribution in [0.25, 0.3) is 0 Å². The van der Waals surface area contributed by atoms with Crippen LogP contribution in [0, 0.1) is 6.92 Å². The van der Waals surface area contributed by atoms with Crippen molar-refractivity contribution in [1.82, 2.24) is 10.4 Å². The van der Waals surface area contributed by atoms with Crippen LogP contribution in [0.2, 0.25) is 5.02 Å². The highest BCUT2D eigenvalue weighted by atomic mass is 35.5. The maximum Gasteiger partial charge on any atom is 0.271 e. The number of pyridine rings is 1. The van der Waals surface area contributed by atoms with Crippen molar-refractivity contribution in [3.8, 4) is 11.5 Å². The molecule has 0 aliphatic heterocycles. The second-order valence-electron chi connectivity index (χ2n) is 6.43. The van der Waals surface area contributed by atoms with Crippen molar-refractivity contribution < 1.29 is 14.3 Å². The molecular formula is C23H22ClN3O3. The number of hydrogen-bond donors (Lipinski definition) is 1. The summed E-state index contributed by atoms with van der Waals surface area (Å²) < 4.78 is 11.6. The van der Waals surface area contributed by atoms with E-state index in [9.17, 15) is 4.79 Å². The van der Waals surface area contributed by atoms with Crippen LogP contribution >= 0.6 is 11.6 Å². The van der Waals surface area contributed by atoms with Gasteiger partial charge in [0, 0.05) is 35.0 Å². The van der Waals surface area contributed by atoms with Gasteiger partial charge in [0.05, 0.1) is 19.4 Å². The molecule has 0 atom stereocenters. The molecule has 0 bridgehead atoms. The fraction of sp³-hybridized carbons (Fsp3) is 0.174. The van der Waals surface area contributed by atoms with Crippen LogP contribution < -0.4 is 14.9 Å². The topological polar surface area (TPSA) is 72.8 Å². The Kier molecular flexibility index (Phi) is 7.80. The average Bonchev–Trinajstić information content (AvgIpc) is 2.77. The Morgan fingerprint density at radius 1 is 1.10 bits per heavy atom. The highest BCUT2D eigenvalue weighted by Crippen LogP contribution is 2.21. The quantitative estimate of drug-likeness (QED) is 0.309. The van der Waals surface area contributed by atoms with Gasteiger partial charge in [-0.15, -0.1) is 0 Å². The van der Waals surface area contributed by atoms with E-state index in [-0.39, 0.29) is 5.91 Å². The summed E-state index contributed by atoms with van der Waals surface area (Å²) in [5, 5.41) is 4.74. The van der Waals surface area contributed by atoms with E-state index in [1.807, 2.05) is 49.4 Å². The second-order valence-corrected chi connectivity index (χ2v) is 6.84. The number of amides is 1. The van der Waals surface area contributed by atoms with Gasteiger partial charge in [0.15, 0.2) is 0 Å². The molecule has 3 rings (SSSR count). The van der Waals surface area contributed by atoms with E-state index in [0.717, 1.165) is 21.9 Å². The number of carbonyl (C=O) groups is 1. The van der Waals surface area contributed by atoms with Crippen LogP contribution in [0.4, 0.5) is 0 Å². The van der Waals surface area contributed by atoms with Crippen LogP contribution in [-0.2, 0) is 0 Å². The normalized spacial score (nSPS) is 10.7. The third-order valence-corrected chi connectivity index (χ3v) is 4.60. The van der Waals surface area contributed by atoms with Crippen molar-refractivity contribution in [1.29, 1.82) is 0 Å².